The molecule has 1 heterocycles. The van der Waals surface area contributed by atoms with Gasteiger partial charge in [0, 0.05) is 12.6 Å². The maximum atomic E-state index is 8.77. The lowest BCUT2D eigenvalue weighted by Crippen LogP contribution is -2.38. The molecule has 5 heteroatoms. The standard InChI is InChI=1S/C15H26N4O/c1-5-12(6-2)19(10-11(3)4)14-9-7-8-13(17-14)15(16)18-20/h7-9,11-12,20H,5-6,10H2,1-4H3,(H2,16,18). The lowest BCUT2D eigenvalue weighted by atomic mass is 10.1. The fourth-order valence-electron chi connectivity index (χ4n) is 2.33. The molecule has 0 aliphatic heterocycles. The van der Waals surface area contributed by atoms with Crippen LogP contribution in [-0.4, -0.2) is 28.6 Å². The Bertz CT molecular complexity index is 441. The Morgan fingerprint density at radius 2 is 2.00 bits per heavy atom. The van der Waals surface area contributed by atoms with E-state index in [2.05, 4.69) is 42.7 Å². The van der Waals surface area contributed by atoms with Crippen LogP contribution in [0.15, 0.2) is 23.4 Å². The van der Waals surface area contributed by atoms with Gasteiger partial charge in [-0.1, -0.05) is 38.9 Å². The van der Waals surface area contributed by atoms with Gasteiger partial charge in [-0.15, -0.1) is 0 Å². The van der Waals surface area contributed by atoms with E-state index in [1.165, 1.54) is 0 Å². The summed E-state index contributed by atoms with van der Waals surface area (Å²) in [6, 6.07) is 6.08. The van der Waals surface area contributed by atoms with E-state index in [-0.39, 0.29) is 5.84 Å². The summed E-state index contributed by atoms with van der Waals surface area (Å²) in [5.74, 6) is 1.47. The van der Waals surface area contributed by atoms with Crippen molar-refractivity contribution < 1.29 is 5.21 Å². The second-order valence-corrected chi connectivity index (χ2v) is 5.38. The number of hydrogen-bond donors (Lipinski definition) is 2. The molecule has 1 rings (SSSR count). The van der Waals surface area contributed by atoms with Gasteiger partial charge in [-0.2, -0.15) is 0 Å². The number of oxime groups is 1. The number of amidine groups is 1. The van der Waals surface area contributed by atoms with Gasteiger partial charge in [-0.3, -0.25) is 0 Å². The predicted molar refractivity (Wildman–Crippen MR) is 83.3 cm³/mol. The molecular weight excluding hydrogens is 252 g/mol. The molecule has 0 aliphatic carbocycles. The Balaban J connectivity index is 3.13. The molecule has 0 unspecified atom stereocenters. The number of rotatable bonds is 7. The van der Waals surface area contributed by atoms with Crippen LogP contribution in [-0.2, 0) is 0 Å². The molecule has 0 radical (unpaired) electrons. The third-order valence-electron chi connectivity index (χ3n) is 3.34. The second-order valence-electron chi connectivity index (χ2n) is 5.38. The van der Waals surface area contributed by atoms with Crippen molar-refractivity contribution in [2.24, 2.45) is 16.8 Å². The van der Waals surface area contributed by atoms with Crippen LogP contribution in [0.4, 0.5) is 5.82 Å². The third-order valence-corrected chi connectivity index (χ3v) is 3.34. The zero-order valence-electron chi connectivity index (χ0n) is 12.9. The summed E-state index contributed by atoms with van der Waals surface area (Å²) in [5, 5.41) is 11.8. The normalized spacial score (nSPS) is 12.2. The molecular formula is C15H26N4O. The Labute approximate surface area is 121 Å². The van der Waals surface area contributed by atoms with E-state index in [1.807, 2.05) is 12.1 Å². The van der Waals surface area contributed by atoms with Crippen LogP contribution < -0.4 is 10.6 Å². The van der Waals surface area contributed by atoms with Crippen LogP contribution in [0.25, 0.3) is 0 Å². The van der Waals surface area contributed by atoms with E-state index >= 15 is 0 Å². The summed E-state index contributed by atoms with van der Waals surface area (Å²) < 4.78 is 0. The summed E-state index contributed by atoms with van der Waals surface area (Å²) in [7, 11) is 0. The van der Waals surface area contributed by atoms with E-state index in [0.29, 0.717) is 17.7 Å². The van der Waals surface area contributed by atoms with E-state index in [1.54, 1.807) is 6.07 Å². The van der Waals surface area contributed by atoms with Crippen molar-refractivity contribution in [2.75, 3.05) is 11.4 Å². The Morgan fingerprint density at radius 3 is 2.50 bits per heavy atom. The largest absolute Gasteiger partial charge is 0.409 e. The molecule has 0 saturated carbocycles. The molecule has 0 amide bonds. The topological polar surface area (TPSA) is 74.7 Å². The van der Waals surface area contributed by atoms with Crippen molar-refractivity contribution in [1.29, 1.82) is 0 Å². The van der Waals surface area contributed by atoms with Gasteiger partial charge in [0.05, 0.1) is 0 Å². The highest BCUT2D eigenvalue weighted by Crippen LogP contribution is 2.20. The maximum Gasteiger partial charge on any atom is 0.188 e. The zero-order chi connectivity index (χ0) is 15.1. The molecule has 20 heavy (non-hydrogen) atoms. The van der Waals surface area contributed by atoms with E-state index in [4.69, 9.17) is 10.9 Å². The van der Waals surface area contributed by atoms with Crippen LogP contribution in [0, 0.1) is 5.92 Å². The minimum atomic E-state index is 0.0425. The van der Waals surface area contributed by atoms with Gasteiger partial charge < -0.3 is 15.8 Å². The first-order valence-corrected chi connectivity index (χ1v) is 7.25. The van der Waals surface area contributed by atoms with Gasteiger partial charge in [0.25, 0.3) is 0 Å². The van der Waals surface area contributed by atoms with Gasteiger partial charge in [-0.25, -0.2) is 4.98 Å². The zero-order valence-corrected chi connectivity index (χ0v) is 12.9. The van der Waals surface area contributed by atoms with Crippen LogP contribution in [0.1, 0.15) is 46.2 Å². The number of aromatic nitrogens is 1. The van der Waals surface area contributed by atoms with Crippen LogP contribution in [0.2, 0.25) is 0 Å². The van der Waals surface area contributed by atoms with Gasteiger partial charge in [0.15, 0.2) is 5.84 Å². The van der Waals surface area contributed by atoms with Gasteiger partial charge >= 0.3 is 0 Å². The van der Waals surface area contributed by atoms with Crippen molar-refractivity contribution in [3.63, 3.8) is 0 Å². The lowest BCUT2D eigenvalue weighted by Gasteiger charge is -2.33. The quantitative estimate of drug-likeness (QED) is 0.348. The van der Waals surface area contributed by atoms with Crippen molar-refractivity contribution >= 4 is 11.7 Å². The first-order valence-electron chi connectivity index (χ1n) is 7.25. The smallest absolute Gasteiger partial charge is 0.188 e. The third kappa shape index (κ3) is 4.11. The van der Waals surface area contributed by atoms with Gasteiger partial charge in [0.2, 0.25) is 0 Å². The number of anilines is 1. The van der Waals surface area contributed by atoms with E-state index in [0.717, 1.165) is 25.2 Å². The number of pyridine rings is 1. The molecule has 3 N–H and O–H groups in total. The minimum absolute atomic E-state index is 0.0425. The van der Waals surface area contributed by atoms with Gasteiger partial charge in [-0.05, 0) is 30.9 Å². The number of nitrogens with two attached hydrogens (primary N) is 1. The molecule has 5 nitrogen and oxygen atoms in total. The number of hydrogen-bond acceptors (Lipinski definition) is 4. The van der Waals surface area contributed by atoms with Crippen LogP contribution in [0.3, 0.4) is 0 Å². The molecule has 0 aromatic carbocycles. The molecule has 0 atom stereocenters. The molecule has 1 aromatic rings. The predicted octanol–water partition coefficient (Wildman–Crippen LogP) is 2.83. The average molecular weight is 278 g/mol. The van der Waals surface area contributed by atoms with Crippen molar-refractivity contribution in [1.82, 2.24) is 4.98 Å². The van der Waals surface area contributed by atoms with Crippen LogP contribution in [0.5, 0.6) is 0 Å². The molecule has 0 bridgehead atoms. The highest BCUT2D eigenvalue weighted by atomic mass is 16.4. The molecule has 0 fully saturated rings. The fourth-order valence-corrected chi connectivity index (χ4v) is 2.33. The molecule has 112 valence electrons. The van der Waals surface area contributed by atoms with Crippen molar-refractivity contribution in [2.45, 2.75) is 46.6 Å². The molecule has 1 aromatic heterocycles. The summed E-state index contributed by atoms with van der Waals surface area (Å²) in [5.41, 5.74) is 6.13. The minimum Gasteiger partial charge on any atom is -0.409 e. The monoisotopic (exact) mass is 278 g/mol. The van der Waals surface area contributed by atoms with Crippen molar-refractivity contribution in [3.05, 3.63) is 23.9 Å². The van der Waals surface area contributed by atoms with E-state index < -0.39 is 0 Å². The lowest BCUT2D eigenvalue weighted by molar-refractivity contribution is 0.318. The molecule has 0 aliphatic rings. The highest BCUT2D eigenvalue weighted by molar-refractivity contribution is 5.95. The van der Waals surface area contributed by atoms with Crippen LogP contribution >= 0.6 is 0 Å². The Hall–Kier alpha value is -1.78. The van der Waals surface area contributed by atoms with E-state index in [9.17, 15) is 0 Å². The first-order chi connectivity index (χ1) is 9.53. The summed E-state index contributed by atoms with van der Waals surface area (Å²) in [6.45, 7) is 9.72. The first kappa shape index (κ1) is 16.3. The van der Waals surface area contributed by atoms with Gasteiger partial charge in [0.1, 0.15) is 11.5 Å². The SMILES string of the molecule is CCC(CC)N(CC(C)C)c1cccc(C(N)=NO)n1. The fraction of sp³-hybridized carbons (Fsp3) is 0.600. The molecule has 0 spiro atoms. The number of nitrogens with zero attached hydrogens (tertiary/aromatic N) is 3. The Kier molecular flexibility index (Phi) is 6.28. The Morgan fingerprint density at radius 1 is 1.35 bits per heavy atom. The molecule has 0 saturated heterocycles. The summed E-state index contributed by atoms with van der Waals surface area (Å²) in [6.07, 6.45) is 2.14. The second kappa shape index (κ2) is 7.72. The highest BCUT2D eigenvalue weighted by Gasteiger charge is 2.18. The summed E-state index contributed by atoms with van der Waals surface area (Å²) in [4.78, 5) is 6.84. The average Bonchev–Trinajstić information content (AvgIpc) is 2.46. The maximum absolute atomic E-state index is 8.77. The van der Waals surface area contributed by atoms with Crippen molar-refractivity contribution in [3.8, 4) is 0 Å². The summed E-state index contributed by atoms with van der Waals surface area (Å²) >= 11 is 0.